The Labute approximate surface area is 128 Å². The van der Waals surface area contributed by atoms with Crippen LogP contribution in [0, 0.1) is 0 Å². The molecule has 0 aliphatic carbocycles. The third-order valence-electron chi connectivity index (χ3n) is 2.52. The topological polar surface area (TPSA) is 84.5 Å². The number of rotatable bonds is 6. The zero-order chi connectivity index (χ0) is 16.4. The van der Waals surface area contributed by atoms with Crippen LogP contribution in [0.25, 0.3) is 0 Å². The lowest BCUT2D eigenvalue weighted by Gasteiger charge is -2.07. The molecule has 1 aromatic rings. The molecule has 0 atom stereocenters. The molecular weight excluding hydrogens is 284 g/mol. The zero-order valence-electron chi connectivity index (χ0n) is 12.5. The van der Waals surface area contributed by atoms with E-state index >= 15 is 0 Å². The van der Waals surface area contributed by atoms with E-state index in [0.29, 0.717) is 11.3 Å². The summed E-state index contributed by atoms with van der Waals surface area (Å²) in [6, 6.07) is 6.44. The molecule has 116 valence electrons. The van der Waals surface area contributed by atoms with Crippen LogP contribution in [0.2, 0.25) is 0 Å². The Kier molecular flexibility index (Phi) is 7.12. The highest BCUT2D eigenvalue weighted by atomic mass is 16.5. The van der Waals surface area contributed by atoms with E-state index in [1.807, 2.05) is 6.92 Å². The van der Waals surface area contributed by atoms with E-state index in [4.69, 9.17) is 4.74 Å². The number of carbonyl (C=O) groups excluding carboxylic acids is 3. The molecule has 22 heavy (non-hydrogen) atoms. The second-order valence-corrected chi connectivity index (χ2v) is 4.20. The summed E-state index contributed by atoms with van der Waals surface area (Å²) >= 11 is 0. The molecular formula is C16H18N2O4. The highest BCUT2D eigenvalue weighted by Gasteiger charge is 2.08. The normalized spacial score (nSPS) is 10.6. The average Bonchev–Trinajstić information content (AvgIpc) is 2.52. The van der Waals surface area contributed by atoms with Gasteiger partial charge >= 0.3 is 5.97 Å². The zero-order valence-corrected chi connectivity index (χ0v) is 12.5. The highest BCUT2D eigenvalue weighted by molar-refractivity contribution is 5.97. The molecule has 0 saturated carbocycles. The summed E-state index contributed by atoms with van der Waals surface area (Å²) in [6.45, 7) is 1.42. The van der Waals surface area contributed by atoms with Crippen molar-refractivity contribution in [2.75, 3.05) is 19.0 Å². The molecule has 0 saturated heterocycles. The minimum absolute atomic E-state index is 0.253. The molecule has 0 aliphatic rings. The molecule has 1 aromatic carbocycles. The maximum atomic E-state index is 11.7. The Morgan fingerprint density at radius 1 is 1.23 bits per heavy atom. The Hall–Kier alpha value is -2.89. The number of anilines is 1. The number of amides is 2. The van der Waals surface area contributed by atoms with Crippen LogP contribution >= 0.6 is 0 Å². The second-order valence-electron chi connectivity index (χ2n) is 4.20. The molecule has 0 bridgehead atoms. The maximum Gasteiger partial charge on any atom is 0.331 e. The summed E-state index contributed by atoms with van der Waals surface area (Å²) in [4.78, 5) is 34.4. The van der Waals surface area contributed by atoms with E-state index in [0.717, 1.165) is 0 Å². The Balaban J connectivity index is 2.52. The summed E-state index contributed by atoms with van der Waals surface area (Å²) in [6.07, 6.45) is 6.17. The van der Waals surface area contributed by atoms with Crippen molar-refractivity contribution in [1.29, 1.82) is 0 Å². The number of hydrogen-bond acceptors (Lipinski definition) is 4. The van der Waals surface area contributed by atoms with Crippen LogP contribution < -0.4 is 10.6 Å². The molecule has 0 radical (unpaired) electrons. The quantitative estimate of drug-likeness (QED) is 0.475. The van der Waals surface area contributed by atoms with Gasteiger partial charge in [-0.2, -0.15) is 0 Å². The van der Waals surface area contributed by atoms with Crippen molar-refractivity contribution in [3.05, 3.63) is 54.1 Å². The van der Waals surface area contributed by atoms with Gasteiger partial charge in [0.05, 0.1) is 0 Å². The minimum Gasteiger partial charge on any atom is -0.452 e. The van der Waals surface area contributed by atoms with Crippen LogP contribution in [0.15, 0.2) is 48.6 Å². The van der Waals surface area contributed by atoms with E-state index in [2.05, 4.69) is 10.6 Å². The lowest BCUT2D eigenvalue weighted by Crippen LogP contribution is -2.21. The third kappa shape index (κ3) is 6.04. The SMILES string of the molecule is C/C=C/C=C/C(=O)OCC(=O)Nc1cccc(C(=O)NC)c1. The van der Waals surface area contributed by atoms with E-state index < -0.39 is 18.5 Å². The largest absolute Gasteiger partial charge is 0.452 e. The molecule has 2 amide bonds. The monoisotopic (exact) mass is 302 g/mol. The Morgan fingerprint density at radius 3 is 2.68 bits per heavy atom. The molecule has 0 spiro atoms. The first-order valence-corrected chi connectivity index (χ1v) is 6.65. The van der Waals surface area contributed by atoms with E-state index in [-0.39, 0.29) is 5.91 Å². The molecule has 0 heterocycles. The fraction of sp³-hybridized carbons (Fsp3) is 0.188. The van der Waals surface area contributed by atoms with E-state index in [1.165, 1.54) is 25.3 Å². The van der Waals surface area contributed by atoms with Gasteiger partial charge in [-0.15, -0.1) is 0 Å². The van der Waals surface area contributed by atoms with Gasteiger partial charge in [-0.3, -0.25) is 9.59 Å². The number of benzene rings is 1. The van der Waals surface area contributed by atoms with Gasteiger partial charge in [0.15, 0.2) is 6.61 Å². The molecule has 1 rings (SSSR count). The predicted molar refractivity (Wildman–Crippen MR) is 83.4 cm³/mol. The van der Waals surface area contributed by atoms with Crippen molar-refractivity contribution >= 4 is 23.5 Å². The van der Waals surface area contributed by atoms with Crippen molar-refractivity contribution in [1.82, 2.24) is 5.32 Å². The second kappa shape index (κ2) is 9.12. The summed E-state index contributed by atoms with van der Waals surface area (Å²) < 4.78 is 4.77. The maximum absolute atomic E-state index is 11.7. The smallest absolute Gasteiger partial charge is 0.331 e. The van der Waals surface area contributed by atoms with Gasteiger partial charge in [0.25, 0.3) is 11.8 Å². The van der Waals surface area contributed by atoms with Crippen molar-refractivity contribution in [2.45, 2.75) is 6.92 Å². The predicted octanol–water partition coefficient (Wildman–Crippen LogP) is 1.66. The number of nitrogens with one attached hydrogen (secondary N) is 2. The first-order chi connectivity index (χ1) is 10.6. The van der Waals surface area contributed by atoms with Gasteiger partial charge < -0.3 is 15.4 Å². The van der Waals surface area contributed by atoms with Gasteiger partial charge in [0.2, 0.25) is 0 Å². The number of carbonyl (C=O) groups is 3. The van der Waals surface area contributed by atoms with Crippen LogP contribution in [0.5, 0.6) is 0 Å². The van der Waals surface area contributed by atoms with Crippen molar-refractivity contribution < 1.29 is 19.1 Å². The van der Waals surface area contributed by atoms with Gasteiger partial charge in [0, 0.05) is 24.4 Å². The van der Waals surface area contributed by atoms with E-state index in [9.17, 15) is 14.4 Å². The van der Waals surface area contributed by atoms with Gasteiger partial charge in [-0.25, -0.2) is 4.79 Å². The van der Waals surface area contributed by atoms with Crippen LogP contribution in [0.3, 0.4) is 0 Å². The molecule has 0 aliphatic heterocycles. The third-order valence-corrected chi connectivity index (χ3v) is 2.52. The molecule has 6 nitrogen and oxygen atoms in total. The summed E-state index contributed by atoms with van der Waals surface area (Å²) in [5.41, 5.74) is 0.873. The average molecular weight is 302 g/mol. The lowest BCUT2D eigenvalue weighted by atomic mass is 10.2. The summed E-state index contributed by atoms with van der Waals surface area (Å²) in [5, 5.41) is 5.04. The number of esters is 1. The van der Waals surface area contributed by atoms with Gasteiger partial charge in [0.1, 0.15) is 0 Å². The van der Waals surface area contributed by atoms with Gasteiger partial charge in [-0.1, -0.05) is 24.3 Å². The number of ether oxygens (including phenoxy) is 1. The number of allylic oxidation sites excluding steroid dienone is 3. The fourth-order valence-electron chi connectivity index (χ4n) is 1.51. The molecule has 2 N–H and O–H groups in total. The first-order valence-electron chi connectivity index (χ1n) is 6.65. The van der Waals surface area contributed by atoms with Crippen molar-refractivity contribution in [3.8, 4) is 0 Å². The molecule has 0 unspecified atom stereocenters. The Bertz CT molecular complexity index is 606. The van der Waals surface area contributed by atoms with Gasteiger partial charge in [-0.05, 0) is 25.1 Å². The molecule has 6 heteroatoms. The first kappa shape index (κ1) is 17.2. The standard InChI is InChI=1S/C16H18N2O4/c1-3-4-5-9-15(20)22-11-14(19)18-13-8-6-7-12(10-13)16(21)17-2/h3-10H,11H2,1-2H3,(H,17,21)(H,18,19)/b4-3+,9-5+. The van der Waals surface area contributed by atoms with Crippen molar-refractivity contribution in [2.24, 2.45) is 0 Å². The number of hydrogen-bond donors (Lipinski definition) is 2. The Morgan fingerprint density at radius 2 is 2.00 bits per heavy atom. The fourth-order valence-corrected chi connectivity index (χ4v) is 1.51. The molecule has 0 aromatic heterocycles. The summed E-state index contributed by atoms with van der Waals surface area (Å²) in [7, 11) is 1.52. The van der Waals surface area contributed by atoms with E-state index in [1.54, 1.807) is 30.4 Å². The van der Waals surface area contributed by atoms with Crippen LogP contribution in [0.1, 0.15) is 17.3 Å². The minimum atomic E-state index is -0.604. The van der Waals surface area contributed by atoms with Crippen molar-refractivity contribution in [3.63, 3.8) is 0 Å². The molecule has 0 fully saturated rings. The van der Waals surface area contributed by atoms with Crippen LogP contribution in [0.4, 0.5) is 5.69 Å². The summed E-state index contributed by atoms with van der Waals surface area (Å²) in [5.74, 6) is -1.34. The van der Waals surface area contributed by atoms with Crippen LogP contribution in [-0.2, 0) is 14.3 Å². The highest BCUT2D eigenvalue weighted by Crippen LogP contribution is 2.10. The van der Waals surface area contributed by atoms with Crippen LogP contribution in [-0.4, -0.2) is 31.4 Å². The lowest BCUT2D eigenvalue weighted by molar-refractivity contribution is -0.142.